The van der Waals surface area contributed by atoms with Crippen LogP contribution in [0.3, 0.4) is 0 Å². The van der Waals surface area contributed by atoms with Gasteiger partial charge in [-0.3, -0.25) is 0 Å². The summed E-state index contributed by atoms with van der Waals surface area (Å²) < 4.78 is 0. The molecule has 2 aromatic carbocycles. The normalized spacial score (nSPS) is 10.9. The van der Waals surface area contributed by atoms with Crippen molar-refractivity contribution in [1.29, 1.82) is 0 Å². The summed E-state index contributed by atoms with van der Waals surface area (Å²) in [6.45, 7) is 6.41. The zero-order chi connectivity index (χ0) is 13.9. The summed E-state index contributed by atoms with van der Waals surface area (Å²) >= 11 is 0. The molecule has 3 aromatic rings. The first kappa shape index (κ1) is 12.7. The van der Waals surface area contributed by atoms with Gasteiger partial charge < -0.3 is 9.88 Å². The number of nitrogens with one attached hydrogen (secondary N) is 1. The zero-order valence-electron chi connectivity index (χ0n) is 11.9. The Morgan fingerprint density at radius 2 is 1.65 bits per heavy atom. The van der Waals surface area contributed by atoms with Crippen LogP contribution >= 0.6 is 0 Å². The standard InChI is InChI=1S/C17H19N3/c1-3-20(4-2)14-11-9-13(10-12-14)17-18-15-7-5-6-8-16(15)19-17/h5-12H,3-4H2,1-2H3,(H,18,19). The van der Waals surface area contributed by atoms with Crippen LogP contribution < -0.4 is 4.90 Å². The number of aromatic amines is 1. The summed E-state index contributed by atoms with van der Waals surface area (Å²) in [6, 6.07) is 16.7. The fraction of sp³-hybridized carbons (Fsp3) is 0.235. The molecule has 0 fully saturated rings. The van der Waals surface area contributed by atoms with Gasteiger partial charge in [0.2, 0.25) is 0 Å². The highest BCUT2D eigenvalue weighted by Gasteiger charge is 2.06. The molecule has 1 heterocycles. The number of hydrogen-bond acceptors (Lipinski definition) is 2. The van der Waals surface area contributed by atoms with Gasteiger partial charge in [-0.2, -0.15) is 0 Å². The smallest absolute Gasteiger partial charge is 0.138 e. The second-order valence-corrected chi connectivity index (χ2v) is 4.82. The molecule has 0 saturated carbocycles. The Morgan fingerprint density at radius 1 is 0.950 bits per heavy atom. The predicted octanol–water partition coefficient (Wildman–Crippen LogP) is 4.08. The van der Waals surface area contributed by atoms with Crippen molar-refractivity contribution < 1.29 is 0 Å². The minimum atomic E-state index is 0.928. The molecule has 20 heavy (non-hydrogen) atoms. The number of imidazole rings is 1. The third-order valence-electron chi connectivity index (χ3n) is 3.66. The third-order valence-corrected chi connectivity index (χ3v) is 3.66. The predicted molar refractivity (Wildman–Crippen MR) is 85.1 cm³/mol. The van der Waals surface area contributed by atoms with Crippen LogP contribution in [0, 0.1) is 0 Å². The Kier molecular flexibility index (Phi) is 3.42. The molecule has 0 spiro atoms. The van der Waals surface area contributed by atoms with E-state index in [1.165, 1.54) is 5.69 Å². The molecular formula is C17H19N3. The first-order valence-corrected chi connectivity index (χ1v) is 7.12. The van der Waals surface area contributed by atoms with Gasteiger partial charge in [0.25, 0.3) is 0 Å². The number of H-pyrrole nitrogens is 1. The van der Waals surface area contributed by atoms with Crippen molar-refractivity contribution >= 4 is 16.7 Å². The largest absolute Gasteiger partial charge is 0.372 e. The van der Waals surface area contributed by atoms with Crippen molar-refractivity contribution in [1.82, 2.24) is 9.97 Å². The van der Waals surface area contributed by atoms with Crippen molar-refractivity contribution in [2.75, 3.05) is 18.0 Å². The summed E-state index contributed by atoms with van der Waals surface area (Å²) in [5.74, 6) is 0.928. The van der Waals surface area contributed by atoms with Gasteiger partial charge in [-0.1, -0.05) is 12.1 Å². The van der Waals surface area contributed by atoms with Crippen LogP contribution in [0.5, 0.6) is 0 Å². The SMILES string of the molecule is CCN(CC)c1ccc(-c2nc3ccccc3[nH]2)cc1. The van der Waals surface area contributed by atoms with Crippen LogP contribution in [0.15, 0.2) is 48.5 Å². The number of benzene rings is 2. The molecule has 3 nitrogen and oxygen atoms in total. The molecule has 0 aliphatic carbocycles. The Bertz CT molecular complexity index is 661. The quantitative estimate of drug-likeness (QED) is 0.771. The van der Waals surface area contributed by atoms with Gasteiger partial charge in [-0.15, -0.1) is 0 Å². The lowest BCUT2D eigenvalue weighted by atomic mass is 10.2. The molecule has 0 aliphatic rings. The molecule has 0 unspecified atom stereocenters. The van der Waals surface area contributed by atoms with Gasteiger partial charge >= 0.3 is 0 Å². The maximum atomic E-state index is 4.63. The molecule has 3 heteroatoms. The van der Waals surface area contributed by atoms with Crippen molar-refractivity contribution in [3.8, 4) is 11.4 Å². The summed E-state index contributed by atoms with van der Waals surface area (Å²) in [4.78, 5) is 10.3. The van der Waals surface area contributed by atoms with E-state index in [0.29, 0.717) is 0 Å². The highest BCUT2D eigenvalue weighted by Crippen LogP contribution is 2.23. The molecule has 3 rings (SSSR count). The van der Waals surface area contributed by atoms with Gasteiger partial charge in [0.05, 0.1) is 11.0 Å². The maximum absolute atomic E-state index is 4.63. The fourth-order valence-corrected chi connectivity index (χ4v) is 2.51. The minimum Gasteiger partial charge on any atom is -0.372 e. The van der Waals surface area contributed by atoms with E-state index in [4.69, 9.17) is 0 Å². The highest BCUT2D eigenvalue weighted by molar-refractivity contribution is 5.79. The van der Waals surface area contributed by atoms with Gasteiger partial charge in [0, 0.05) is 24.3 Å². The summed E-state index contributed by atoms with van der Waals surface area (Å²) in [7, 11) is 0. The van der Waals surface area contributed by atoms with E-state index in [9.17, 15) is 0 Å². The molecule has 1 aromatic heterocycles. The van der Waals surface area contributed by atoms with Crippen LogP contribution in [-0.2, 0) is 0 Å². The molecule has 0 saturated heterocycles. The van der Waals surface area contributed by atoms with E-state index in [1.807, 2.05) is 18.2 Å². The summed E-state index contributed by atoms with van der Waals surface area (Å²) in [6.07, 6.45) is 0. The maximum Gasteiger partial charge on any atom is 0.138 e. The van der Waals surface area contributed by atoms with Gasteiger partial charge in [-0.25, -0.2) is 4.98 Å². The van der Waals surface area contributed by atoms with E-state index < -0.39 is 0 Å². The van der Waals surface area contributed by atoms with Crippen molar-refractivity contribution in [2.24, 2.45) is 0 Å². The Balaban J connectivity index is 1.94. The minimum absolute atomic E-state index is 0.928. The number of rotatable bonds is 4. The van der Waals surface area contributed by atoms with Crippen molar-refractivity contribution in [3.05, 3.63) is 48.5 Å². The molecular weight excluding hydrogens is 246 g/mol. The van der Waals surface area contributed by atoms with E-state index in [-0.39, 0.29) is 0 Å². The Labute approximate surface area is 119 Å². The van der Waals surface area contributed by atoms with E-state index in [1.54, 1.807) is 0 Å². The van der Waals surface area contributed by atoms with Crippen LogP contribution in [0.25, 0.3) is 22.4 Å². The monoisotopic (exact) mass is 265 g/mol. The van der Waals surface area contributed by atoms with Crippen molar-refractivity contribution in [3.63, 3.8) is 0 Å². The number of aromatic nitrogens is 2. The first-order valence-electron chi connectivity index (χ1n) is 7.12. The van der Waals surface area contributed by atoms with E-state index >= 15 is 0 Å². The van der Waals surface area contributed by atoms with Crippen LogP contribution in [0.4, 0.5) is 5.69 Å². The topological polar surface area (TPSA) is 31.9 Å². The molecule has 0 bridgehead atoms. The van der Waals surface area contributed by atoms with Crippen LogP contribution in [-0.4, -0.2) is 23.1 Å². The van der Waals surface area contributed by atoms with E-state index in [0.717, 1.165) is 35.5 Å². The number of nitrogens with zero attached hydrogens (tertiary/aromatic N) is 2. The van der Waals surface area contributed by atoms with E-state index in [2.05, 4.69) is 59.0 Å². The first-order chi connectivity index (χ1) is 9.81. The number of anilines is 1. The number of hydrogen-bond donors (Lipinski definition) is 1. The van der Waals surface area contributed by atoms with Gasteiger partial charge in [-0.05, 0) is 50.2 Å². The Morgan fingerprint density at radius 3 is 2.30 bits per heavy atom. The average molecular weight is 265 g/mol. The lowest BCUT2D eigenvalue weighted by Crippen LogP contribution is -2.21. The zero-order valence-corrected chi connectivity index (χ0v) is 11.9. The molecule has 0 atom stereocenters. The highest BCUT2D eigenvalue weighted by atomic mass is 15.1. The second kappa shape index (κ2) is 5.37. The van der Waals surface area contributed by atoms with Crippen molar-refractivity contribution in [2.45, 2.75) is 13.8 Å². The fourth-order valence-electron chi connectivity index (χ4n) is 2.51. The Hall–Kier alpha value is -2.29. The third kappa shape index (κ3) is 2.27. The molecule has 102 valence electrons. The summed E-state index contributed by atoms with van der Waals surface area (Å²) in [5, 5.41) is 0. The van der Waals surface area contributed by atoms with Crippen LogP contribution in [0.2, 0.25) is 0 Å². The molecule has 1 N–H and O–H groups in total. The van der Waals surface area contributed by atoms with Gasteiger partial charge in [0.1, 0.15) is 5.82 Å². The molecule has 0 aliphatic heterocycles. The molecule has 0 radical (unpaired) electrons. The van der Waals surface area contributed by atoms with Crippen LogP contribution in [0.1, 0.15) is 13.8 Å². The average Bonchev–Trinajstić information content (AvgIpc) is 2.93. The lowest BCUT2D eigenvalue weighted by Gasteiger charge is -2.20. The number of fused-ring (bicyclic) bond motifs is 1. The summed E-state index contributed by atoms with van der Waals surface area (Å²) in [5.41, 5.74) is 4.47. The van der Waals surface area contributed by atoms with Gasteiger partial charge in [0.15, 0.2) is 0 Å². The lowest BCUT2D eigenvalue weighted by molar-refractivity contribution is 0.866. The second-order valence-electron chi connectivity index (χ2n) is 4.82. The number of para-hydroxylation sites is 2. The molecule has 0 amide bonds.